The second kappa shape index (κ2) is 10.4. The molecule has 1 aliphatic heterocycles. The molecular formula is C18H26FN3O2S. The Morgan fingerprint density at radius 1 is 1.16 bits per heavy atom. The topological polar surface area (TPSA) is 61.4 Å². The lowest BCUT2D eigenvalue weighted by Crippen LogP contribution is -2.39. The fourth-order valence-electron chi connectivity index (χ4n) is 2.66. The van der Waals surface area contributed by atoms with Crippen LogP contribution in [0.4, 0.5) is 10.1 Å². The predicted molar refractivity (Wildman–Crippen MR) is 100 cm³/mol. The third-order valence-electron chi connectivity index (χ3n) is 4.22. The first-order chi connectivity index (χ1) is 12.0. The van der Waals surface area contributed by atoms with Crippen molar-refractivity contribution in [2.75, 3.05) is 43.0 Å². The van der Waals surface area contributed by atoms with E-state index in [-0.39, 0.29) is 29.1 Å². The quantitative estimate of drug-likeness (QED) is 0.740. The second-order valence-electron chi connectivity index (χ2n) is 6.42. The fourth-order valence-corrected chi connectivity index (χ4v) is 3.30. The van der Waals surface area contributed by atoms with Crippen LogP contribution in [0.2, 0.25) is 0 Å². The van der Waals surface area contributed by atoms with Crippen molar-refractivity contribution in [3.05, 3.63) is 30.1 Å². The maximum atomic E-state index is 12.8. The van der Waals surface area contributed by atoms with E-state index in [9.17, 15) is 14.0 Å². The molecule has 0 saturated carbocycles. The highest BCUT2D eigenvalue weighted by Crippen LogP contribution is 2.15. The number of rotatable bonds is 8. The monoisotopic (exact) mass is 367 g/mol. The van der Waals surface area contributed by atoms with Crippen molar-refractivity contribution in [1.82, 2.24) is 10.2 Å². The van der Waals surface area contributed by atoms with Crippen LogP contribution in [0.15, 0.2) is 24.3 Å². The molecule has 1 aromatic carbocycles. The van der Waals surface area contributed by atoms with Gasteiger partial charge >= 0.3 is 0 Å². The standard InChI is InChI=1S/C18H26FN3O2S/c1-14-6-9-22(10-7-14)11-8-20-17(23)12-25-13-18(24)21-16-4-2-15(19)3-5-16/h2-5,14H,6-13H2,1H3,(H,20,23)(H,21,24). The molecule has 25 heavy (non-hydrogen) atoms. The van der Waals surface area contributed by atoms with Crippen molar-refractivity contribution >= 4 is 29.3 Å². The van der Waals surface area contributed by atoms with Gasteiger partial charge in [0.15, 0.2) is 0 Å². The predicted octanol–water partition coefficient (Wildman–Crippen LogP) is 2.35. The van der Waals surface area contributed by atoms with Gasteiger partial charge in [-0.25, -0.2) is 4.39 Å². The number of nitrogens with zero attached hydrogens (tertiary/aromatic N) is 1. The molecule has 2 amide bonds. The molecule has 0 atom stereocenters. The number of carbonyl (C=O) groups is 2. The fraction of sp³-hybridized carbons (Fsp3) is 0.556. The Morgan fingerprint density at radius 2 is 1.80 bits per heavy atom. The average molecular weight is 367 g/mol. The minimum Gasteiger partial charge on any atom is -0.354 e. The SMILES string of the molecule is CC1CCN(CCNC(=O)CSCC(=O)Nc2ccc(F)cc2)CC1. The van der Waals surface area contributed by atoms with Gasteiger partial charge in [-0.15, -0.1) is 11.8 Å². The molecule has 0 unspecified atom stereocenters. The number of likely N-dealkylation sites (tertiary alicyclic amines) is 1. The van der Waals surface area contributed by atoms with Gasteiger partial charge in [0.2, 0.25) is 11.8 Å². The van der Waals surface area contributed by atoms with E-state index in [0.29, 0.717) is 12.2 Å². The van der Waals surface area contributed by atoms with E-state index in [4.69, 9.17) is 0 Å². The molecule has 2 rings (SSSR count). The summed E-state index contributed by atoms with van der Waals surface area (Å²) >= 11 is 1.27. The van der Waals surface area contributed by atoms with Crippen LogP contribution in [0, 0.1) is 11.7 Å². The van der Waals surface area contributed by atoms with Crippen LogP contribution < -0.4 is 10.6 Å². The molecule has 1 saturated heterocycles. The van der Waals surface area contributed by atoms with Crippen LogP contribution in [-0.2, 0) is 9.59 Å². The zero-order valence-electron chi connectivity index (χ0n) is 14.6. The van der Waals surface area contributed by atoms with Gasteiger partial charge in [-0.2, -0.15) is 0 Å². The Morgan fingerprint density at radius 3 is 2.48 bits per heavy atom. The number of thioether (sulfide) groups is 1. The number of anilines is 1. The first-order valence-electron chi connectivity index (χ1n) is 8.65. The summed E-state index contributed by atoms with van der Waals surface area (Å²) in [5, 5.41) is 5.56. The first kappa shape index (κ1) is 19.7. The molecule has 5 nitrogen and oxygen atoms in total. The Bertz CT molecular complexity index is 560. The van der Waals surface area contributed by atoms with Gasteiger partial charge in [0.25, 0.3) is 0 Å². The van der Waals surface area contributed by atoms with Crippen molar-refractivity contribution in [2.45, 2.75) is 19.8 Å². The summed E-state index contributed by atoms with van der Waals surface area (Å²) in [4.78, 5) is 25.9. The van der Waals surface area contributed by atoms with Gasteiger partial charge in [-0.3, -0.25) is 9.59 Å². The minimum atomic E-state index is -0.344. The molecule has 1 aromatic rings. The van der Waals surface area contributed by atoms with Crippen LogP contribution in [0.25, 0.3) is 0 Å². The van der Waals surface area contributed by atoms with Gasteiger partial charge in [0.1, 0.15) is 5.82 Å². The largest absolute Gasteiger partial charge is 0.354 e. The van der Waals surface area contributed by atoms with E-state index in [1.165, 1.54) is 48.9 Å². The summed E-state index contributed by atoms with van der Waals surface area (Å²) in [5.74, 6) is 0.658. The van der Waals surface area contributed by atoms with Crippen molar-refractivity contribution in [3.63, 3.8) is 0 Å². The van der Waals surface area contributed by atoms with Gasteiger partial charge in [-0.05, 0) is 56.1 Å². The van der Waals surface area contributed by atoms with E-state index in [0.717, 1.165) is 25.6 Å². The Labute approximate surface area is 152 Å². The molecular weight excluding hydrogens is 341 g/mol. The summed E-state index contributed by atoms with van der Waals surface area (Å²) in [6.45, 7) is 6.02. The van der Waals surface area contributed by atoms with E-state index in [1.54, 1.807) is 0 Å². The van der Waals surface area contributed by atoms with Crippen LogP contribution >= 0.6 is 11.8 Å². The van der Waals surface area contributed by atoms with E-state index in [1.807, 2.05) is 0 Å². The molecule has 0 radical (unpaired) electrons. The normalized spacial score (nSPS) is 15.8. The molecule has 2 N–H and O–H groups in total. The van der Waals surface area contributed by atoms with Crippen molar-refractivity contribution < 1.29 is 14.0 Å². The zero-order chi connectivity index (χ0) is 18.1. The van der Waals surface area contributed by atoms with Crippen molar-refractivity contribution in [2.24, 2.45) is 5.92 Å². The van der Waals surface area contributed by atoms with Crippen LogP contribution in [0.1, 0.15) is 19.8 Å². The third-order valence-corrected chi connectivity index (χ3v) is 5.15. The van der Waals surface area contributed by atoms with E-state index in [2.05, 4.69) is 22.5 Å². The lowest BCUT2D eigenvalue weighted by atomic mass is 9.99. The number of amides is 2. The van der Waals surface area contributed by atoms with Crippen LogP contribution in [0.5, 0.6) is 0 Å². The molecule has 7 heteroatoms. The smallest absolute Gasteiger partial charge is 0.234 e. The summed E-state index contributed by atoms with van der Waals surface area (Å²) in [6.07, 6.45) is 2.46. The number of nitrogens with one attached hydrogen (secondary N) is 2. The maximum absolute atomic E-state index is 12.8. The maximum Gasteiger partial charge on any atom is 0.234 e. The van der Waals surface area contributed by atoms with Crippen LogP contribution in [0.3, 0.4) is 0 Å². The Kier molecular flexibility index (Phi) is 8.21. The van der Waals surface area contributed by atoms with Crippen molar-refractivity contribution in [1.29, 1.82) is 0 Å². The highest BCUT2D eigenvalue weighted by molar-refractivity contribution is 8.00. The minimum absolute atomic E-state index is 0.0510. The number of carbonyl (C=O) groups excluding carboxylic acids is 2. The molecule has 0 spiro atoms. The second-order valence-corrected chi connectivity index (χ2v) is 7.41. The number of halogens is 1. The van der Waals surface area contributed by atoms with Crippen molar-refractivity contribution in [3.8, 4) is 0 Å². The molecule has 0 bridgehead atoms. The zero-order valence-corrected chi connectivity index (χ0v) is 15.4. The Hall–Kier alpha value is -1.60. The summed E-state index contributed by atoms with van der Waals surface area (Å²) in [5.41, 5.74) is 0.548. The lowest BCUT2D eigenvalue weighted by Gasteiger charge is -2.30. The highest BCUT2D eigenvalue weighted by Gasteiger charge is 2.15. The molecule has 0 aromatic heterocycles. The summed E-state index contributed by atoms with van der Waals surface area (Å²) in [7, 11) is 0. The van der Waals surface area contributed by atoms with Gasteiger partial charge in [0.05, 0.1) is 11.5 Å². The highest BCUT2D eigenvalue weighted by atomic mass is 32.2. The summed E-state index contributed by atoms with van der Waals surface area (Å²) < 4.78 is 12.8. The molecule has 0 aliphatic carbocycles. The Balaban J connectivity index is 1.52. The number of piperidine rings is 1. The molecule has 138 valence electrons. The van der Waals surface area contributed by atoms with E-state index < -0.39 is 0 Å². The average Bonchev–Trinajstić information content (AvgIpc) is 2.59. The number of hydrogen-bond donors (Lipinski definition) is 2. The van der Waals surface area contributed by atoms with Gasteiger partial charge in [-0.1, -0.05) is 6.92 Å². The lowest BCUT2D eigenvalue weighted by molar-refractivity contribution is -0.118. The number of benzene rings is 1. The molecule has 1 heterocycles. The van der Waals surface area contributed by atoms with E-state index >= 15 is 0 Å². The first-order valence-corrected chi connectivity index (χ1v) is 9.80. The van der Waals surface area contributed by atoms with Crippen LogP contribution in [-0.4, -0.2) is 54.4 Å². The molecule has 1 fully saturated rings. The molecule has 1 aliphatic rings. The number of hydrogen-bond acceptors (Lipinski definition) is 4. The third kappa shape index (κ3) is 7.88. The van der Waals surface area contributed by atoms with Gasteiger partial charge < -0.3 is 15.5 Å². The summed E-state index contributed by atoms with van der Waals surface area (Å²) in [6, 6.07) is 5.59. The van der Waals surface area contributed by atoms with Gasteiger partial charge in [0, 0.05) is 18.8 Å².